The van der Waals surface area contributed by atoms with Crippen molar-refractivity contribution in [2.45, 2.75) is 18.9 Å². The van der Waals surface area contributed by atoms with Crippen LogP contribution in [0.5, 0.6) is 5.75 Å². The molecule has 1 aliphatic heterocycles. The smallest absolute Gasteiger partial charge is 0.347 e. The van der Waals surface area contributed by atoms with E-state index in [2.05, 4.69) is 20.7 Å². The summed E-state index contributed by atoms with van der Waals surface area (Å²) in [6.45, 7) is 0. The first kappa shape index (κ1) is 10.5. The van der Waals surface area contributed by atoms with Crippen molar-refractivity contribution < 1.29 is 14.3 Å². The Morgan fingerprint density at radius 1 is 1.60 bits per heavy atom. The van der Waals surface area contributed by atoms with Gasteiger partial charge in [0, 0.05) is 4.47 Å². The molecule has 4 heteroatoms. The molecule has 0 unspecified atom stereocenters. The fraction of sp³-hybridized carbons (Fsp3) is 0.364. The average molecular weight is 271 g/mol. The SMILES string of the molecule is COC(=O)[C@@H]1CCc2cc(Br)ccc2O1. The zero-order valence-electron chi connectivity index (χ0n) is 8.33. The maximum absolute atomic E-state index is 11.3. The molecule has 3 nitrogen and oxygen atoms in total. The minimum absolute atomic E-state index is 0.302. The van der Waals surface area contributed by atoms with E-state index >= 15 is 0 Å². The second-order valence-corrected chi connectivity index (χ2v) is 4.34. The molecular formula is C11H11BrO3. The Hall–Kier alpha value is -1.03. The molecule has 0 fully saturated rings. The summed E-state index contributed by atoms with van der Waals surface area (Å²) in [5.74, 6) is 0.475. The Labute approximate surface area is 96.5 Å². The summed E-state index contributed by atoms with van der Waals surface area (Å²) in [6.07, 6.45) is 1.06. The Bertz CT molecular complexity index is 389. The minimum atomic E-state index is -0.455. The standard InChI is InChI=1S/C11H11BrO3/c1-14-11(13)10-4-2-7-6-8(12)3-5-9(7)15-10/h3,5-6,10H,2,4H2,1H3/t10-/m0/s1. The van der Waals surface area contributed by atoms with Crippen LogP contribution >= 0.6 is 15.9 Å². The van der Waals surface area contributed by atoms with E-state index in [1.54, 1.807) is 0 Å². The quantitative estimate of drug-likeness (QED) is 0.735. The summed E-state index contributed by atoms with van der Waals surface area (Å²) >= 11 is 3.40. The number of carbonyl (C=O) groups excluding carboxylic acids is 1. The molecular weight excluding hydrogens is 260 g/mol. The van der Waals surface area contributed by atoms with Gasteiger partial charge in [-0.15, -0.1) is 0 Å². The lowest BCUT2D eigenvalue weighted by molar-refractivity contribution is -0.149. The molecule has 0 aromatic heterocycles. The summed E-state index contributed by atoms with van der Waals surface area (Å²) in [5, 5.41) is 0. The molecule has 0 bridgehead atoms. The lowest BCUT2D eigenvalue weighted by Crippen LogP contribution is -2.32. The first-order valence-electron chi connectivity index (χ1n) is 4.73. The fourth-order valence-corrected chi connectivity index (χ4v) is 2.06. The number of rotatable bonds is 1. The Balaban J connectivity index is 2.20. The molecule has 1 atom stereocenters. The third kappa shape index (κ3) is 2.15. The molecule has 0 saturated carbocycles. The average Bonchev–Trinajstić information content (AvgIpc) is 2.27. The van der Waals surface area contributed by atoms with E-state index in [9.17, 15) is 4.79 Å². The molecule has 0 spiro atoms. The van der Waals surface area contributed by atoms with E-state index in [1.165, 1.54) is 7.11 Å². The van der Waals surface area contributed by atoms with E-state index in [0.717, 1.165) is 22.2 Å². The van der Waals surface area contributed by atoms with Gasteiger partial charge in [0.15, 0.2) is 6.10 Å². The predicted molar refractivity (Wildman–Crippen MR) is 58.9 cm³/mol. The Kier molecular flexibility index (Phi) is 2.95. The van der Waals surface area contributed by atoms with Gasteiger partial charge < -0.3 is 9.47 Å². The highest BCUT2D eigenvalue weighted by Crippen LogP contribution is 2.30. The van der Waals surface area contributed by atoms with Gasteiger partial charge in [-0.05, 0) is 36.6 Å². The zero-order chi connectivity index (χ0) is 10.8. The molecule has 1 aliphatic rings. The van der Waals surface area contributed by atoms with Crippen molar-refractivity contribution in [3.05, 3.63) is 28.2 Å². The third-order valence-corrected chi connectivity index (χ3v) is 2.92. The molecule has 0 amide bonds. The molecule has 0 N–H and O–H groups in total. The van der Waals surface area contributed by atoms with Gasteiger partial charge in [-0.25, -0.2) is 4.79 Å². The first-order valence-corrected chi connectivity index (χ1v) is 5.53. The molecule has 15 heavy (non-hydrogen) atoms. The van der Waals surface area contributed by atoms with Gasteiger partial charge in [-0.1, -0.05) is 15.9 Å². The van der Waals surface area contributed by atoms with Gasteiger partial charge >= 0.3 is 5.97 Å². The largest absolute Gasteiger partial charge is 0.478 e. The number of aryl methyl sites for hydroxylation is 1. The van der Waals surface area contributed by atoms with E-state index in [-0.39, 0.29) is 5.97 Å². The molecule has 0 saturated heterocycles. The Morgan fingerprint density at radius 2 is 2.40 bits per heavy atom. The van der Waals surface area contributed by atoms with Crippen LogP contribution in [-0.2, 0) is 16.0 Å². The van der Waals surface area contributed by atoms with Gasteiger partial charge in [0.25, 0.3) is 0 Å². The number of hydrogen-bond donors (Lipinski definition) is 0. The summed E-state index contributed by atoms with van der Waals surface area (Å²) in [4.78, 5) is 11.3. The summed E-state index contributed by atoms with van der Waals surface area (Å²) < 4.78 is 11.2. The number of halogens is 1. The van der Waals surface area contributed by atoms with E-state index < -0.39 is 6.10 Å². The van der Waals surface area contributed by atoms with Gasteiger partial charge in [0.05, 0.1) is 7.11 Å². The number of hydrogen-bond acceptors (Lipinski definition) is 3. The van der Waals surface area contributed by atoms with Crippen LogP contribution < -0.4 is 4.74 Å². The van der Waals surface area contributed by atoms with Crippen LogP contribution in [0, 0.1) is 0 Å². The number of ether oxygens (including phenoxy) is 2. The predicted octanol–water partition coefficient (Wildman–Crippen LogP) is 2.32. The third-order valence-electron chi connectivity index (χ3n) is 2.43. The van der Waals surface area contributed by atoms with Crippen molar-refractivity contribution in [3.8, 4) is 5.75 Å². The summed E-state index contributed by atoms with van der Waals surface area (Å²) in [7, 11) is 1.38. The highest BCUT2D eigenvalue weighted by atomic mass is 79.9. The minimum Gasteiger partial charge on any atom is -0.478 e. The molecule has 80 valence electrons. The van der Waals surface area contributed by atoms with Crippen LogP contribution in [0.25, 0.3) is 0 Å². The van der Waals surface area contributed by atoms with E-state index in [4.69, 9.17) is 4.74 Å². The van der Waals surface area contributed by atoms with Crippen LogP contribution in [0.15, 0.2) is 22.7 Å². The first-order chi connectivity index (χ1) is 7.20. The maximum atomic E-state index is 11.3. The van der Waals surface area contributed by atoms with E-state index in [0.29, 0.717) is 6.42 Å². The van der Waals surface area contributed by atoms with Crippen molar-refractivity contribution in [3.63, 3.8) is 0 Å². The summed E-state index contributed by atoms with van der Waals surface area (Å²) in [5.41, 5.74) is 1.13. The topological polar surface area (TPSA) is 35.5 Å². The molecule has 1 heterocycles. The van der Waals surface area contributed by atoms with Gasteiger partial charge in [0.2, 0.25) is 0 Å². The molecule has 0 aliphatic carbocycles. The second kappa shape index (κ2) is 4.23. The lowest BCUT2D eigenvalue weighted by atomic mass is 10.0. The van der Waals surface area contributed by atoms with Crippen molar-refractivity contribution in [1.29, 1.82) is 0 Å². The van der Waals surface area contributed by atoms with Crippen molar-refractivity contribution in [2.24, 2.45) is 0 Å². The number of benzene rings is 1. The Morgan fingerprint density at radius 3 is 3.13 bits per heavy atom. The van der Waals surface area contributed by atoms with Crippen LogP contribution in [0.3, 0.4) is 0 Å². The van der Waals surface area contributed by atoms with E-state index in [1.807, 2.05) is 18.2 Å². The molecule has 2 rings (SSSR count). The molecule has 0 radical (unpaired) electrons. The van der Waals surface area contributed by atoms with Crippen molar-refractivity contribution in [2.75, 3.05) is 7.11 Å². The van der Waals surface area contributed by atoms with Crippen molar-refractivity contribution in [1.82, 2.24) is 0 Å². The van der Waals surface area contributed by atoms with Crippen LogP contribution in [-0.4, -0.2) is 19.2 Å². The van der Waals surface area contributed by atoms with Gasteiger partial charge in [-0.3, -0.25) is 0 Å². The van der Waals surface area contributed by atoms with Gasteiger partial charge in [0.1, 0.15) is 5.75 Å². The molecule has 1 aromatic rings. The zero-order valence-corrected chi connectivity index (χ0v) is 9.91. The number of methoxy groups -OCH3 is 1. The van der Waals surface area contributed by atoms with Crippen LogP contribution in [0.2, 0.25) is 0 Å². The monoisotopic (exact) mass is 270 g/mol. The van der Waals surface area contributed by atoms with Crippen molar-refractivity contribution >= 4 is 21.9 Å². The summed E-state index contributed by atoms with van der Waals surface area (Å²) in [6, 6.07) is 5.79. The van der Waals surface area contributed by atoms with Crippen LogP contribution in [0.4, 0.5) is 0 Å². The lowest BCUT2D eigenvalue weighted by Gasteiger charge is -2.24. The highest BCUT2D eigenvalue weighted by molar-refractivity contribution is 9.10. The normalized spacial score (nSPS) is 18.9. The number of esters is 1. The number of fused-ring (bicyclic) bond motifs is 1. The fourth-order valence-electron chi connectivity index (χ4n) is 1.65. The number of carbonyl (C=O) groups is 1. The van der Waals surface area contributed by atoms with Crippen LogP contribution in [0.1, 0.15) is 12.0 Å². The highest BCUT2D eigenvalue weighted by Gasteiger charge is 2.26. The van der Waals surface area contributed by atoms with Gasteiger partial charge in [-0.2, -0.15) is 0 Å². The maximum Gasteiger partial charge on any atom is 0.347 e. The second-order valence-electron chi connectivity index (χ2n) is 3.42. The molecule has 1 aromatic carbocycles.